The Balaban J connectivity index is 2.12. The van der Waals surface area contributed by atoms with Crippen molar-refractivity contribution in [1.82, 2.24) is 5.32 Å². The molecule has 0 aromatic carbocycles. The minimum Gasteiger partial charge on any atom is -0.381 e. The topological polar surface area (TPSA) is 38.3 Å². The van der Waals surface area contributed by atoms with Crippen molar-refractivity contribution in [1.29, 1.82) is 0 Å². The Hall–Kier alpha value is -0.0900. The van der Waals surface area contributed by atoms with Crippen LogP contribution in [0.3, 0.4) is 0 Å². The average molecular weight is 278 g/mol. The summed E-state index contributed by atoms with van der Waals surface area (Å²) in [6.07, 6.45) is 4.07. The molecule has 1 aliphatic heterocycles. The summed E-state index contributed by atoms with van der Waals surface area (Å²) >= 11 is 3.55. The maximum Gasteiger partial charge on any atom is 0.225 e. The third-order valence-corrected chi connectivity index (χ3v) is 3.84. The van der Waals surface area contributed by atoms with E-state index in [0.717, 1.165) is 38.8 Å². The van der Waals surface area contributed by atoms with Gasteiger partial charge in [0.15, 0.2) is 0 Å². The maximum atomic E-state index is 11.7. The van der Waals surface area contributed by atoms with Crippen LogP contribution in [0.2, 0.25) is 0 Å². The Morgan fingerprint density at radius 2 is 2.47 bits per heavy atom. The molecule has 4 heteroatoms. The summed E-state index contributed by atoms with van der Waals surface area (Å²) in [6, 6.07) is 0. The monoisotopic (exact) mass is 277 g/mol. The molecule has 1 saturated heterocycles. The van der Waals surface area contributed by atoms with E-state index in [2.05, 4.69) is 28.2 Å². The van der Waals surface area contributed by atoms with Crippen molar-refractivity contribution in [2.45, 2.75) is 37.4 Å². The number of rotatable bonds is 5. The standard InChI is InChI=1S/C11H20BrNO2/c1-2-10(12)5-6-13-11(14)9-4-3-7-15-8-9/h9-10H,2-8H2,1H3,(H,13,14). The largest absolute Gasteiger partial charge is 0.381 e. The molecule has 88 valence electrons. The number of carbonyl (C=O) groups excluding carboxylic acids is 1. The molecule has 0 spiro atoms. The van der Waals surface area contributed by atoms with Gasteiger partial charge in [0.25, 0.3) is 0 Å². The molecule has 1 N–H and O–H groups in total. The number of alkyl halides is 1. The molecular weight excluding hydrogens is 258 g/mol. The Kier molecular flexibility index (Phi) is 6.25. The number of halogens is 1. The fraction of sp³-hybridized carbons (Fsp3) is 0.909. The number of hydrogen-bond acceptors (Lipinski definition) is 2. The van der Waals surface area contributed by atoms with Gasteiger partial charge >= 0.3 is 0 Å². The quantitative estimate of drug-likeness (QED) is 0.782. The van der Waals surface area contributed by atoms with Crippen molar-refractivity contribution in [3.63, 3.8) is 0 Å². The van der Waals surface area contributed by atoms with Gasteiger partial charge in [0, 0.05) is 18.0 Å². The van der Waals surface area contributed by atoms with E-state index in [4.69, 9.17) is 4.74 Å². The molecule has 0 aromatic rings. The van der Waals surface area contributed by atoms with Gasteiger partial charge in [-0.3, -0.25) is 4.79 Å². The summed E-state index contributed by atoms with van der Waals surface area (Å²) in [5.74, 6) is 0.236. The number of carbonyl (C=O) groups is 1. The lowest BCUT2D eigenvalue weighted by Gasteiger charge is -2.21. The van der Waals surface area contributed by atoms with Crippen molar-refractivity contribution in [2.24, 2.45) is 5.92 Å². The molecule has 2 atom stereocenters. The molecule has 0 saturated carbocycles. The molecule has 3 nitrogen and oxygen atoms in total. The smallest absolute Gasteiger partial charge is 0.225 e. The normalized spacial score (nSPS) is 23.5. The molecule has 1 amide bonds. The van der Waals surface area contributed by atoms with Gasteiger partial charge in [0.05, 0.1) is 12.5 Å². The lowest BCUT2D eigenvalue weighted by molar-refractivity contribution is -0.128. The van der Waals surface area contributed by atoms with Crippen LogP contribution in [0.1, 0.15) is 32.6 Å². The van der Waals surface area contributed by atoms with E-state index < -0.39 is 0 Å². The molecule has 1 rings (SSSR count). The van der Waals surface area contributed by atoms with Crippen LogP contribution in [0.4, 0.5) is 0 Å². The first-order valence-electron chi connectivity index (χ1n) is 5.73. The highest BCUT2D eigenvalue weighted by Crippen LogP contribution is 2.13. The summed E-state index contributed by atoms with van der Waals surface area (Å²) < 4.78 is 5.28. The first-order valence-corrected chi connectivity index (χ1v) is 6.65. The number of ether oxygens (including phenoxy) is 1. The molecule has 15 heavy (non-hydrogen) atoms. The highest BCUT2D eigenvalue weighted by Gasteiger charge is 2.21. The lowest BCUT2D eigenvalue weighted by atomic mass is 10.0. The minimum atomic E-state index is 0.0779. The summed E-state index contributed by atoms with van der Waals surface area (Å²) in [6.45, 7) is 4.30. The Morgan fingerprint density at radius 1 is 1.67 bits per heavy atom. The summed E-state index contributed by atoms with van der Waals surface area (Å²) in [7, 11) is 0. The molecule has 1 aliphatic rings. The van der Waals surface area contributed by atoms with Gasteiger partial charge in [-0.15, -0.1) is 0 Å². The van der Waals surface area contributed by atoms with Crippen LogP contribution in [0.25, 0.3) is 0 Å². The summed E-state index contributed by atoms with van der Waals surface area (Å²) in [5.41, 5.74) is 0. The fourth-order valence-corrected chi connectivity index (χ4v) is 1.88. The maximum absolute atomic E-state index is 11.7. The van der Waals surface area contributed by atoms with Crippen LogP contribution in [-0.2, 0) is 9.53 Å². The van der Waals surface area contributed by atoms with Gasteiger partial charge < -0.3 is 10.1 Å². The summed E-state index contributed by atoms with van der Waals surface area (Å²) in [4.78, 5) is 12.2. The van der Waals surface area contributed by atoms with E-state index in [1.807, 2.05) is 0 Å². The van der Waals surface area contributed by atoms with E-state index in [9.17, 15) is 4.79 Å². The first-order chi connectivity index (χ1) is 7.24. The zero-order valence-electron chi connectivity index (χ0n) is 9.30. The SMILES string of the molecule is CCC(Br)CCNC(=O)C1CCCOC1. The second kappa shape index (κ2) is 7.23. The zero-order chi connectivity index (χ0) is 11.1. The third-order valence-electron chi connectivity index (χ3n) is 2.73. The zero-order valence-corrected chi connectivity index (χ0v) is 10.9. The first kappa shape index (κ1) is 13.0. The molecule has 1 heterocycles. The predicted molar refractivity (Wildman–Crippen MR) is 64.2 cm³/mol. The van der Waals surface area contributed by atoms with Gasteiger partial charge in [-0.05, 0) is 25.7 Å². The van der Waals surface area contributed by atoms with E-state index in [1.54, 1.807) is 0 Å². The van der Waals surface area contributed by atoms with E-state index in [0.29, 0.717) is 11.4 Å². The summed E-state index contributed by atoms with van der Waals surface area (Å²) in [5, 5.41) is 2.97. The minimum absolute atomic E-state index is 0.0779. The molecule has 1 fully saturated rings. The lowest BCUT2D eigenvalue weighted by Crippen LogP contribution is -2.36. The van der Waals surface area contributed by atoms with Crippen LogP contribution in [-0.4, -0.2) is 30.5 Å². The second-order valence-corrected chi connectivity index (χ2v) is 5.29. The van der Waals surface area contributed by atoms with Crippen LogP contribution >= 0.6 is 15.9 Å². The molecule has 0 bridgehead atoms. The van der Waals surface area contributed by atoms with E-state index in [-0.39, 0.29) is 11.8 Å². The van der Waals surface area contributed by atoms with Crippen LogP contribution in [0.5, 0.6) is 0 Å². The van der Waals surface area contributed by atoms with Gasteiger partial charge in [-0.25, -0.2) is 0 Å². The van der Waals surface area contributed by atoms with Gasteiger partial charge in [-0.2, -0.15) is 0 Å². The van der Waals surface area contributed by atoms with Gasteiger partial charge in [0.2, 0.25) is 5.91 Å². The molecule has 0 aromatic heterocycles. The molecule has 0 radical (unpaired) electrons. The van der Waals surface area contributed by atoms with E-state index >= 15 is 0 Å². The van der Waals surface area contributed by atoms with E-state index in [1.165, 1.54) is 0 Å². The molecule has 0 aliphatic carbocycles. The van der Waals surface area contributed by atoms with Crippen LogP contribution in [0, 0.1) is 5.92 Å². The van der Waals surface area contributed by atoms with Crippen LogP contribution < -0.4 is 5.32 Å². The van der Waals surface area contributed by atoms with Crippen molar-refractivity contribution < 1.29 is 9.53 Å². The highest BCUT2D eigenvalue weighted by molar-refractivity contribution is 9.09. The van der Waals surface area contributed by atoms with Crippen molar-refractivity contribution in [3.8, 4) is 0 Å². The second-order valence-electron chi connectivity index (χ2n) is 4.00. The Morgan fingerprint density at radius 3 is 3.07 bits per heavy atom. The fourth-order valence-electron chi connectivity index (χ4n) is 1.65. The number of hydrogen-bond donors (Lipinski definition) is 1. The van der Waals surface area contributed by atoms with Crippen molar-refractivity contribution in [3.05, 3.63) is 0 Å². The number of nitrogens with one attached hydrogen (secondary N) is 1. The van der Waals surface area contributed by atoms with Crippen molar-refractivity contribution in [2.75, 3.05) is 19.8 Å². The Labute approximate surface area is 100 Å². The molecular formula is C11H20BrNO2. The third kappa shape index (κ3) is 4.98. The average Bonchev–Trinajstić information content (AvgIpc) is 2.29. The highest BCUT2D eigenvalue weighted by atomic mass is 79.9. The molecule has 2 unspecified atom stereocenters. The van der Waals surface area contributed by atoms with Crippen LogP contribution in [0.15, 0.2) is 0 Å². The van der Waals surface area contributed by atoms with Crippen molar-refractivity contribution >= 4 is 21.8 Å². The Bertz CT molecular complexity index is 193. The number of amides is 1. The van der Waals surface area contributed by atoms with Gasteiger partial charge in [-0.1, -0.05) is 22.9 Å². The van der Waals surface area contributed by atoms with Gasteiger partial charge in [0.1, 0.15) is 0 Å². The predicted octanol–water partition coefficient (Wildman–Crippen LogP) is 2.09.